The second kappa shape index (κ2) is 16.9. The molecule has 0 amide bonds. The molecule has 0 saturated carbocycles. The Labute approximate surface area is 183 Å². The van der Waals surface area contributed by atoms with Crippen LogP contribution < -0.4 is 0 Å². The molecule has 1 atom stereocenters. The van der Waals surface area contributed by atoms with E-state index >= 15 is 0 Å². The number of hydrogen-bond acceptors (Lipinski definition) is 4. The first-order valence-electron chi connectivity index (χ1n) is 12.1. The number of rotatable bonds is 17. The number of ether oxygens (including phenoxy) is 2. The summed E-state index contributed by atoms with van der Waals surface area (Å²) in [6.45, 7) is 7.30. The maximum atomic E-state index is 12.6. The fourth-order valence-corrected chi connectivity index (χ4v) is 3.49. The Kier molecular flexibility index (Phi) is 14.8. The van der Waals surface area contributed by atoms with E-state index in [2.05, 4.69) is 20.8 Å². The number of esters is 2. The van der Waals surface area contributed by atoms with Crippen molar-refractivity contribution in [2.45, 2.75) is 97.8 Å². The first kappa shape index (κ1) is 26.2. The molecule has 1 unspecified atom stereocenters. The maximum Gasteiger partial charge on any atom is 0.339 e. The van der Waals surface area contributed by atoms with Gasteiger partial charge in [-0.3, -0.25) is 0 Å². The summed E-state index contributed by atoms with van der Waals surface area (Å²) >= 11 is 0. The number of carbonyl (C=O) groups excluding carboxylic acids is 2. The lowest BCUT2D eigenvalue weighted by Crippen LogP contribution is -2.17. The van der Waals surface area contributed by atoms with Gasteiger partial charge in [0, 0.05) is 0 Å². The van der Waals surface area contributed by atoms with Crippen LogP contribution in [0.4, 0.5) is 0 Å². The molecule has 170 valence electrons. The molecule has 0 aliphatic rings. The van der Waals surface area contributed by atoms with Gasteiger partial charge < -0.3 is 9.47 Å². The summed E-state index contributed by atoms with van der Waals surface area (Å²) in [5, 5.41) is 0. The summed E-state index contributed by atoms with van der Waals surface area (Å²) in [5.74, 6) is -0.511. The summed E-state index contributed by atoms with van der Waals surface area (Å²) in [5.41, 5.74) is 0.590. The van der Waals surface area contributed by atoms with Crippen LogP contribution >= 0.6 is 0 Å². The van der Waals surface area contributed by atoms with Crippen molar-refractivity contribution in [3.05, 3.63) is 35.4 Å². The van der Waals surface area contributed by atoms with Gasteiger partial charge in [0.15, 0.2) is 0 Å². The van der Waals surface area contributed by atoms with Gasteiger partial charge >= 0.3 is 11.9 Å². The van der Waals surface area contributed by atoms with E-state index in [1.165, 1.54) is 38.5 Å². The summed E-state index contributed by atoms with van der Waals surface area (Å²) in [4.78, 5) is 25.0. The molecule has 0 bridgehead atoms. The highest BCUT2D eigenvalue weighted by atomic mass is 16.5. The van der Waals surface area contributed by atoms with Gasteiger partial charge in [0.25, 0.3) is 0 Å². The zero-order chi connectivity index (χ0) is 22.0. The van der Waals surface area contributed by atoms with E-state index < -0.39 is 11.9 Å². The number of hydrogen-bond donors (Lipinski definition) is 0. The number of benzene rings is 1. The van der Waals surface area contributed by atoms with Crippen molar-refractivity contribution < 1.29 is 19.1 Å². The third-order valence-electron chi connectivity index (χ3n) is 5.59. The van der Waals surface area contributed by atoms with Crippen LogP contribution in [0.3, 0.4) is 0 Å². The molecule has 0 fully saturated rings. The average Bonchev–Trinajstić information content (AvgIpc) is 2.77. The van der Waals surface area contributed by atoms with E-state index in [9.17, 15) is 9.59 Å². The van der Waals surface area contributed by atoms with Gasteiger partial charge in [0.2, 0.25) is 0 Å². The molecule has 0 spiro atoms. The molecule has 0 heterocycles. The molecule has 30 heavy (non-hydrogen) atoms. The van der Waals surface area contributed by atoms with Crippen molar-refractivity contribution in [3.8, 4) is 0 Å². The normalized spacial score (nSPS) is 11.8. The molecule has 4 nitrogen and oxygen atoms in total. The van der Waals surface area contributed by atoms with Crippen molar-refractivity contribution >= 4 is 11.9 Å². The van der Waals surface area contributed by atoms with Crippen molar-refractivity contribution in [3.63, 3.8) is 0 Å². The van der Waals surface area contributed by atoms with Gasteiger partial charge in [0.05, 0.1) is 24.3 Å². The van der Waals surface area contributed by atoms with Gasteiger partial charge in [-0.25, -0.2) is 9.59 Å². The predicted molar refractivity (Wildman–Crippen MR) is 123 cm³/mol. The van der Waals surface area contributed by atoms with Crippen LogP contribution in [-0.4, -0.2) is 25.2 Å². The van der Waals surface area contributed by atoms with Crippen LogP contribution in [0.1, 0.15) is 119 Å². The average molecular weight is 419 g/mol. The quantitative estimate of drug-likeness (QED) is 0.196. The van der Waals surface area contributed by atoms with E-state index in [1.54, 1.807) is 24.3 Å². The first-order valence-corrected chi connectivity index (χ1v) is 12.1. The van der Waals surface area contributed by atoms with Crippen LogP contribution in [-0.2, 0) is 9.47 Å². The molecule has 0 aliphatic heterocycles. The van der Waals surface area contributed by atoms with Gasteiger partial charge in [-0.2, -0.15) is 0 Å². The predicted octanol–water partition coefficient (Wildman–Crippen LogP) is 7.36. The second-order valence-corrected chi connectivity index (χ2v) is 8.17. The Bertz CT molecular complexity index is 596. The minimum atomic E-state index is -0.441. The lowest BCUT2D eigenvalue weighted by atomic mass is 10.0. The van der Waals surface area contributed by atoms with Crippen LogP contribution in [0.15, 0.2) is 24.3 Å². The van der Waals surface area contributed by atoms with E-state index in [-0.39, 0.29) is 0 Å². The standard InChI is InChI=1S/C26H42O4/c1-4-7-9-10-11-12-13-16-20-29-25(27)23-18-14-15-19-24(23)26(28)30-21-22(6-3)17-8-5-2/h14-15,18-19,22H,4-13,16-17,20-21H2,1-3H3. The smallest absolute Gasteiger partial charge is 0.339 e. The van der Waals surface area contributed by atoms with Crippen molar-refractivity contribution in [1.29, 1.82) is 0 Å². The monoisotopic (exact) mass is 418 g/mol. The highest BCUT2D eigenvalue weighted by Gasteiger charge is 2.20. The van der Waals surface area contributed by atoms with E-state index in [1.807, 2.05) is 0 Å². The molecule has 1 rings (SSSR count). The largest absolute Gasteiger partial charge is 0.462 e. The lowest BCUT2D eigenvalue weighted by molar-refractivity contribution is 0.0404. The third-order valence-corrected chi connectivity index (χ3v) is 5.59. The van der Waals surface area contributed by atoms with Crippen molar-refractivity contribution in [1.82, 2.24) is 0 Å². The molecule has 0 saturated heterocycles. The Balaban J connectivity index is 2.42. The van der Waals surface area contributed by atoms with Crippen molar-refractivity contribution in [2.75, 3.05) is 13.2 Å². The van der Waals surface area contributed by atoms with Gasteiger partial charge in [-0.15, -0.1) is 0 Å². The van der Waals surface area contributed by atoms with E-state index in [0.29, 0.717) is 30.3 Å². The molecule has 0 aliphatic carbocycles. The highest BCUT2D eigenvalue weighted by Crippen LogP contribution is 2.17. The summed E-state index contributed by atoms with van der Waals surface area (Å²) in [6, 6.07) is 6.78. The number of carbonyl (C=O) groups is 2. The van der Waals surface area contributed by atoms with Crippen LogP contribution in [0.2, 0.25) is 0 Å². The number of unbranched alkanes of at least 4 members (excludes halogenated alkanes) is 8. The molecular formula is C26H42O4. The lowest BCUT2D eigenvalue weighted by Gasteiger charge is -2.15. The minimum Gasteiger partial charge on any atom is -0.462 e. The van der Waals surface area contributed by atoms with Crippen molar-refractivity contribution in [2.24, 2.45) is 5.92 Å². The minimum absolute atomic E-state index is 0.295. The zero-order valence-electron chi connectivity index (χ0n) is 19.4. The van der Waals surface area contributed by atoms with Gasteiger partial charge in [-0.1, -0.05) is 97.1 Å². The topological polar surface area (TPSA) is 52.6 Å². The summed E-state index contributed by atoms with van der Waals surface area (Å²) in [7, 11) is 0. The molecular weight excluding hydrogens is 376 g/mol. The third kappa shape index (κ3) is 10.8. The van der Waals surface area contributed by atoms with Crippen LogP contribution in [0, 0.1) is 5.92 Å². The molecule has 1 aromatic rings. The molecule has 0 N–H and O–H groups in total. The summed E-state index contributed by atoms with van der Waals surface area (Å²) in [6.07, 6.45) is 13.9. The first-order chi connectivity index (χ1) is 14.6. The highest BCUT2D eigenvalue weighted by molar-refractivity contribution is 6.03. The van der Waals surface area contributed by atoms with Crippen LogP contribution in [0.5, 0.6) is 0 Å². The fourth-order valence-electron chi connectivity index (χ4n) is 3.49. The Morgan fingerprint density at radius 1 is 0.733 bits per heavy atom. The zero-order valence-corrected chi connectivity index (χ0v) is 19.4. The van der Waals surface area contributed by atoms with E-state index in [0.717, 1.165) is 38.5 Å². The molecule has 1 aromatic carbocycles. The molecule has 0 radical (unpaired) electrons. The SMILES string of the molecule is CCCCCCCCCCOC(=O)c1ccccc1C(=O)OCC(CC)CCCC. The second-order valence-electron chi connectivity index (χ2n) is 8.17. The Morgan fingerprint density at radius 2 is 1.27 bits per heavy atom. The van der Waals surface area contributed by atoms with E-state index in [4.69, 9.17) is 9.47 Å². The molecule has 4 heteroatoms. The fraction of sp³-hybridized carbons (Fsp3) is 0.692. The Morgan fingerprint density at radius 3 is 1.83 bits per heavy atom. The summed E-state index contributed by atoms with van der Waals surface area (Å²) < 4.78 is 10.9. The maximum absolute atomic E-state index is 12.6. The van der Waals surface area contributed by atoms with Gasteiger partial charge in [-0.05, 0) is 30.9 Å². The van der Waals surface area contributed by atoms with Gasteiger partial charge in [0.1, 0.15) is 0 Å². The molecule has 0 aromatic heterocycles. The Hall–Kier alpha value is -1.84. The van der Waals surface area contributed by atoms with Crippen LogP contribution in [0.25, 0.3) is 0 Å².